The van der Waals surface area contributed by atoms with Crippen LogP contribution in [0.2, 0.25) is 0 Å². The van der Waals surface area contributed by atoms with Crippen molar-refractivity contribution in [3.05, 3.63) is 35.9 Å². The van der Waals surface area contributed by atoms with E-state index in [1.807, 2.05) is 0 Å². The van der Waals surface area contributed by atoms with Gasteiger partial charge in [0.15, 0.2) is 0 Å². The molecule has 1 aromatic rings. The van der Waals surface area contributed by atoms with Gasteiger partial charge >= 0.3 is 0 Å². The van der Waals surface area contributed by atoms with Crippen LogP contribution in [-0.4, -0.2) is 0 Å². The second-order valence-electron chi connectivity index (χ2n) is 6.87. The molecule has 0 heteroatoms. The average molecular weight is 218 g/mol. The van der Waals surface area contributed by atoms with Crippen molar-refractivity contribution in [3.8, 4) is 0 Å². The third-order valence-electron chi connectivity index (χ3n) is 4.93. The molecular formula is C16H26. The zero-order valence-corrected chi connectivity index (χ0v) is 11.9. The molecule has 0 amide bonds. The van der Waals surface area contributed by atoms with Crippen LogP contribution in [-0.2, 0) is 5.41 Å². The molecule has 16 heavy (non-hydrogen) atoms. The first-order valence-electron chi connectivity index (χ1n) is 6.16. The third kappa shape index (κ3) is 2.03. The van der Waals surface area contributed by atoms with Gasteiger partial charge in [-0.15, -0.1) is 0 Å². The highest BCUT2D eigenvalue weighted by atomic mass is 14.5. The minimum Gasteiger partial charge on any atom is -0.0622 e. The number of benzene rings is 1. The van der Waals surface area contributed by atoms with Crippen molar-refractivity contribution in [3.63, 3.8) is 0 Å². The molecule has 0 saturated carbocycles. The molecular weight excluding hydrogens is 192 g/mol. The third-order valence-corrected chi connectivity index (χ3v) is 4.93. The Balaban J connectivity index is 3.22. The highest BCUT2D eigenvalue weighted by Gasteiger charge is 2.46. The molecule has 1 rings (SSSR count). The summed E-state index contributed by atoms with van der Waals surface area (Å²) in [6.45, 7) is 16.5. The summed E-state index contributed by atoms with van der Waals surface area (Å²) in [7, 11) is 0. The summed E-state index contributed by atoms with van der Waals surface area (Å²) in [4.78, 5) is 0. The molecule has 0 aromatic heterocycles. The van der Waals surface area contributed by atoms with Gasteiger partial charge in [-0.3, -0.25) is 0 Å². The molecule has 0 unspecified atom stereocenters. The van der Waals surface area contributed by atoms with Crippen LogP contribution in [0.1, 0.15) is 54.0 Å². The largest absolute Gasteiger partial charge is 0.0622 e. The van der Waals surface area contributed by atoms with E-state index in [0.29, 0.717) is 0 Å². The molecule has 0 nitrogen and oxygen atoms in total. The first-order chi connectivity index (χ1) is 7.11. The van der Waals surface area contributed by atoms with Crippen LogP contribution in [0.4, 0.5) is 0 Å². The maximum atomic E-state index is 2.38. The van der Waals surface area contributed by atoms with Gasteiger partial charge in [0.25, 0.3) is 0 Å². The predicted molar refractivity (Wildman–Crippen MR) is 72.7 cm³/mol. The monoisotopic (exact) mass is 218 g/mol. The van der Waals surface area contributed by atoms with E-state index in [1.54, 1.807) is 0 Å². The van der Waals surface area contributed by atoms with Gasteiger partial charge in [0.05, 0.1) is 0 Å². The Hall–Kier alpha value is -0.780. The van der Waals surface area contributed by atoms with Crippen molar-refractivity contribution in [2.45, 2.75) is 53.9 Å². The lowest BCUT2D eigenvalue weighted by molar-refractivity contribution is 0.0456. The van der Waals surface area contributed by atoms with Crippen molar-refractivity contribution in [2.75, 3.05) is 0 Å². The molecule has 0 radical (unpaired) electrons. The van der Waals surface area contributed by atoms with Gasteiger partial charge in [0.1, 0.15) is 0 Å². The van der Waals surface area contributed by atoms with Crippen molar-refractivity contribution < 1.29 is 0 Å². The Kier molecular flexibility index (Phi) is 3.24. The fourth-order valence-corrected chi connectivity index (χ4v) is 2.15. The second kappa shape index (κ2) is 3.91. The fourth-order valence-electron chi connectivity index (χ4n) is 2.15. The summed E-state index contributed by atoms with van der Waals surface area (Å²) in [5, 5.41) is 0. The summed E-state index contributed by atoms with van der Waals surface area (Å²) >= 11 is 0. The van der Waals surface area contributed by atoms with Gasteiger partial charge in [-0.25, -0.2) is 0 Å². The molecule has 0 aliphatic rings. The number of rotatable bonds is 2. The summed E-state index contributed by atoms with van der Waals surface area (Å²) in [6.07, 6.45) is 0. The molecule has 0 heterocycles. The van der Waals surface area contributed by atoms with Gasteiger partial charge in [-0.1, -0.05) is 78.8 Å². The smallest absolute Gasteiger partial charge is 0.00474 e. The van der Waals surface area contributed by atoms with Crippen LogP contribution in [0.5, 0.6) is 0 Å². The number of hydrogen-bond donors (Lipinski definition) is 0. The van der Waals surface area contributed by atoms with E-state index in [0.717, 1.165) is 0 Å². The zero-order chi connectivity index (χ0) is 12.6. The molecule has 0 aliphatic heterocycles. The van der Waals surface area contributed by atoms with Crippen molar-refractivity contribution in [1.29, 1.82) is 0 Å². The minimum absolute atomic E-state index is 0.173. The lowest BCUT2D eigenvalue weighted by Crippen LogP contribution is -2.45. The summed E-state index contributed by atoms with van der Waals surface area (Å²) < 4.78 is 0. The molecule has 90 valence electrons. The summed E-state index contributed by atoms with van der Waals surface area (Å²) in [6, 6.07) is 10.8. The Morgan fingerprint density at radius 3 is 1.50 bits per heavy atom. The van der Waals surface area contributed by atoms with E-state index in [4.69, 9.17) is 0 Å². The van der Waals surface area contributed by atoms with Crippen molar-refractivity contribution in [1.82, 2.24) is 0 Å². The summed E-state index contributed by atoms with van der Waals surface area (Å²) in [5.41, 5.74) is 2.12. The van der Waals surface area contributed by atoms with Gasteiger partial charge in [-0.05, 0) is 21.8 Å². The van der Waals surface area contributed by atoms with E-state index in [-0.39, 0.29) is 16.2 Å². The van der Waals surface area contributed by atoms with E-state index >= 15 is 0 Å². The molecule has 0 aliphatic carbocycles. The van der Waals surface area contributed by atoms with E-state index in [1.165, 1.54) is 5.56 Å². The maximum Gasteiger partial charge on any atom is -0.00474 e. The van der Waals surface area contributed by atoms with Gasteiger partial charge in [-0.2, -0.15) is 0 Å². The van der Waals surface area contributed by atoms with Gasteiger partial charge in [0, 0.05) is 0 Å². The van der Waals surface area contributed by atoms with Crippen molar-refractivity contribution >= 4 is 0 Å². The average Bonchev–Trinajstić information content (AvgIpc) is 2.17. The number of hydrogen-bond acceptors (Lipinski definition) is 0. The van der Waals surface area contributed by atoms with Crippen LogP contribution in [0.25, 0.3) is 0 Å². The van der Waals surface area contributed by atoms with Crippen LogP contribution in [0.15, 0.2) is 30.3 Å². The van der Waals surface area contributed by atoms with E-state index in [9.17, 15) is 0 Å². The molecule has 0 saturated heterocycles. The van der Waals surface area contributed by atoms with Crippen LogP contribution < -0.4 is 0 Å². The van der Waals surface area contributed by atoms with E-state index < -0.39 is 0 Å². The zero-order valence-electron chi connectivity index (χ0n) is 11.9. The minimum atomic E-state index is 0.173. The Morgan fingerprint density at radius 1 is 0.688 bits per heavy atom. The Labute approximate surface area is 101 Å². The topological polar surface area (TPSA) is 0 Å². The lowest BCUT2D eigenvalue weighted by Gasteiger charge is -2.51. The van der Waals surface area contributed by atoms with E-state index in [2.05, 4.69) is 78.8 Å². The highest BCUT2D eigenvalue weighted by molar-refractivity contribution is 5.27. The standard InChI is InChI=1S/C16H26/c1-14(2,3)16(6,7)15(4,5)13-11-9-8-10-12-13/h8-12H,1-7H3. The van der Waals surface area contributed by atoms with Gasteiger partial charge in [0.2, 0.25) is 0 Å². The predicted octanol–water partition coefficient (Wildman–Crippen LogP) is 5.04. The Morgan fingerprint density at radius 2 is 1.12 bits per heavy atom. The fraction of sp³-hybridized carbons (Fsp3) is 0.625. The lowest BCUT2D eigenvalue weighted by atomic mass is 9.53. The summed E-state index contributed by atoms with van der Waals surface area (Å²) in [5.74, 6) is 0. The normalized spacial score (nSPS) is 13.9. The highest BCUT2D eigenvalue weighted by Crippen LogP contribution is 2.52. The van der Waals surface area contributed by atoms with Crippen LogP contribution >= 0.6 is 0 Å². The van der Waals surface area contributed by atoms with Crippen LogP contribution in [0, 0.1) is 10.8 Å². The molecule has 0 bridgehead atoms. The Bertz CT molecular complexity index is 336. The molecule has 0 N–H and O–H groups in total. The maximum absolute atomic E-state index is 2.38. The first-order valence-corrected chi connectivity index (χ1v) is 6.16. The van der Waals surface area contributed by atoms with Gasteiger partial charge < -0.3 is 0 Å². The molecule has 0 atom stereocenters. The van der Waals surface area contributed by atoms with Crippen molar-refractivity contribution in [2.24, 2.45) is 10.8 Å². The molecule has 0 fully saturated rings. The SMILES string of the molecule is CC(C)(C)C(C)(C)C(C)(C)c1ccccc1. The second-order valence-corrected chi connectivity index (χ2v) is 6.87. The molecule has 1 aromatic carbocycles. The van der Waals surface area contributed by atoms with Crippen LogP contribution in [0.3, 0.4) is 0 Å². The molecule has 0 spiro atoms. The first kappa shape index (κ1) is 13.3. The quantitative estimate of drug-likeness (QED) is 0.652.